The molecule has 2 aromatic heterocycles. The summed E-state index contributed by atoms with van der Waals surface area (Å²) in [4.78, 5) is 4.17. The Morgan fingerprint density at radius 2 is 2.53 bits per heavy atom. The van der Waals surface area contributed by atoms with Gasteiger partial charge in [0.2, 0.25) is 0 Å². The van der Waals surface area contributed by atoms with Crippen LogP contribution in [0, 0.1) is 0 Å². The quantitative estimate of drug-likeness (QED) is 0.589. The first-order valence-corrected chi connectivity index (χ1v) is 5.56. The molecule has 0 amide bonds. The molecule has 0 spiro atoms. The number of hydrogen-bond acceptors (Lipinski definition) is 5. The average Bonchev–Trinajstić information content (AvgIpc) is 2.86. The second-order valence-electron chi connectivity index (χ2n) is 3.28. The molecule has 1 unspecified atom stereocenters. The van der Waals surface area contributed by atoms with E-state index in [4.69, 9.17) is 5.84 Å². The van der Waals surface area contributed by atoms with Crippen molar-refractivity contribution in [1.29, 1.82) is 0 Å². The van der Waals surface area contributed by atoms with Gasteiger partial charge in [-0.1, -0.05) is 0 Å². The Balaban J connectivity index is 2.13. The van der Waals surface area contributed by atoms with Crippen LogP contribution in [0.1, 0.15) is 17.4 Å². The molecule has 0 fully saturated rings. The van der Waals surface area contributed by atoms with Crippen LogP contribution in [0.3, 0.4) is 0 Å². The summed E-state index contributed by atoms with van der Waals surface area (Å²) >= 11 is 1.66. The van der Waals surface area contributed by atoms with Crippen molar-refractivity contribution in [2.24, 2.45) is 12.9 Å². The van der Waals surface area contributed by atoms with Gasteiger partial charge in [0.15, 0.2) is 0 Å². The lowest BCUT2D eigenvalue weighted by atomic mass is 10.1. The number of nitrogens with zero attached hydrogens (tertiary/aromatic N) is 3. The fraction of sp³-hybridized carbons (Fsp3) is 0.333. The van der Waals surface area contributed by atoms with E-state index in [0.29, 0.717) is 0 Å². The van der Waals surface area contributed by atoms with Crippen molar-refractivity contribution in [3.8, 4) is 0 Å². The van der Waals surface area contributed by atoms with E-state index in [9.17, 15) is 0 Å². The molecule has 0 aliphatic carbocycles. The molecule has 5 nitrogen and oxygen atoms in total. The molecule has 0 aromatic carbocycles. The van der Waals surface area contributed by atoms with Gasteiger partial charge in [-0.25, -0.2) is 4.98 Å². The number of hydrazine groups is 1. The van der Waals surface area contributed by atoms with Crippen molar-refractivity contribution in [3.63, 3.8) is 0 Å². The fourth-order valence-electron chi connectivity index (χ4n) is 1.43. The Morgan fingerprint density at radius 1 is 1.67 bits per heavy atom. The van der Waals surface area contributed by atoms with Gasteiger partial charge in [0.25, 0.3) is 0 Å². The van der Waals surface area contributed by atoms with Gasteiger partial charge >= 0.3 is 0 Å². The van der Waals surface area contributed by atoms with Crippen LogP contribution in [0.2, 0.25) is 0 Å². The van der Waals surface area contributed by atoms with Gasteiger partial charge in [-0.3, -0.25) is 16.0 Å². The normalized spacial score (nSPS) is 12.9. The SMILES string of the molecule is Cn1ncnc1CC(NN)c1ccsc1. The highest BCUT2D eigenvalue weighted by Gasteiger charge is 2.13. The van der Waals surface area contributed by atoms with Gasteiger partial charge in [-0.15, -0.1) is 0 Å². The van der Waals surface area contributed by atoms with Gasteiger partial charge in [-0.2, -0.15) is 16.4 Å². The molecule has 0 saturated heterocycles. The molecule has 80 valence electrons. The third-order valence-electron chi connectivity index (χ3n) is 2.34. The van der Waals surface area contributed by atoms with E-state index in [1.807, 2.05) is 12.4 Å². The number of nitrogens with two attached hydrogens (primary N) is 1. The molecule has 15 heavy (non-hydrogen) atoms. The number of thiophene rings is 1. The van der Waals surface area contributed by atoms with E-state index in [2.05, 4.69) is 27.0 Å². The van der Waals surface area contributed by atoms with Crippen molar-refractivity contribution in [1.82, 2.24) is 20.2 Å². The number of rotatable bonds is 4. The summed E-state index contributed by atoms with van der Waals surface area (Å²) < 4.78 is 1.76. The standard InChI is InChI=1S/C9H13N5S/c1-14-9(11-6-12-14)4-8(13-10)7-2-3-15-5-7/h2-3,5-6,8,13H,4,10H2,1H3. The van der Waals surface area contributed by atoms with Gasteiger partial charge in [-0.05, 0) is 22.4 Å². The number of aromatic nitrogens is 3. The lowest BCUT2D eigenvalue weighted by Crippen LogP contribution is -2.30. The molecule has 2 aromatic rings. The summed E-state index contributed by atoms with van der Waals surface area (Å²) in [6.07, 6.45) is 2.29. The Morgan fingerprint density at radius 3 is 3.07 bits per heavy atom. The highest BCUT2D eigenvalue weighted by Crippen LogP contribution is 2.18. The fourth-order valence-corrected chi connectivity index (χ4v) is 2.15. The van der Waals surface area contributed by atoms with Crippen LogP contribution in [0.15, 0.2) is 23.2 Å². The maximum Gasteiger partial charge on any atom is 0.138 e. The minimum atomic E-state index is 0.0964. The van der Waals surface area contributed by atoms with Crippen molar-refractivity contribution in [3.05, 3.63) is 34.5 Å². The van der Waals surface area contributed by atoms with Crippen LogP contribution in [-0.2, 0) is 13.5 Å². The van der Waals surface area contributed by atoms with Crippen molar-refractivity contribution >= 4 is 11.3 Å². The lowest BCUT2D eigenvalue weighted by molar-refractivity contribution is 0.524. The summed E-state index contributed by atoms with van der Waals surface area (Å²) in [7, 11) is 1.88. The second kappa shape index (κ2) is 4.52. The Labute approximate surface area is 91.9 Å². The van der Waals surface area contributed by atoms with Gasteiger partial charge in [0, 0.05) is 13.5 Å². The predicted octanol–water partition coefficient (Wildman–Crippen LogP) is 0.624. The smallest absolute Gasteiger partial charge is 0.138 e. The third kappa shape index (κ3) is 2.23. The van der Waals surface area contributed by atoms with Crippen LogP contribution >= 0.6 is 11.3 Å². The van der Waals surface area contributed by atoms with E-state index >= 15 is 0 Å². The van der Waals surface area contributed by atoms with E-state index in [-0.39, 0.29) is 6.04 Å². The zero-order valence-electron chi connectivity index (χ0n) is 8.42. The first-order valence-electron chi connectivity index (χ1n) is 4.62. The minimum Gasteiger partial charge on any atom is -0.271 e. The maximum atomic E-state index is 5.53. The lowest BCUT2D eigenvalue weighted by Gasteiger charge is -2.13. The zero-order valence-corrected chi connectivity index (χ0v) is 9.24. The topological polar surface area (TPSA) is 68.8 Å². The first kappa shape index (κ1) is 10.3. The maximum absolute atomic E-state index is 5.53. The molecule has 6 heteroatoms. The van der Waals surface area contributed by atoms with Crippen LogP contribution in [0.4, 0.5) is 0 Å². The van der Waals surface area contributed by atoms with Crippen molar-refractivity contribution in [2.45, 2.75) is 12.5 Å². The Bertz CT molecular complexity index is 408. The second-order valence-corrected chi connectivity index (χ2v) is 4.06. The zero-order chi connectivity index (χ0) is 10.7. The number of hydrogen-bond donors (Lipinski definition) is 2. The van der Waals surface area contributed by atoms with E-state index in [1.165, 1.54) is 5.56 Å². The summed E-state index contributed by atoms with van der Waals surface area (Å²) in [5.41, 5.74) is 3.98. The molecule has 1 atom stereocenters. The van der Waals surface area contributed by atoms with Gasteiger partial charge in [0.05, 0.1) is 6.04 Å². The van der Waals surface area contributed by atoms with Crippen molar-refractivity contribution < 1.29 is 0 Å². The summed E-state index contributed by atoms with van der Waals surface area (Å²) in [5.74, 6) is 6.45. The summed E-state index contributed by atoms with van der Waals surface area (Å²) in [5, 5.41) is 8.15. The molecular formula is C9H13N5S. The molecule has 0 bridgehead atoms. The molecule has 0 aliphatic rings. The molecule has 3 N–H and O–H groups in total. The average molecular weight is 223 g/mol. The third-order valence-corrected chi connectivity index (χ3v) is 3.04. The number of aryl methyl sites for hydroxylation is 1. The molecule has 2 rings (SSSR count). The molecule has 0 saturated carbocycles. The molecule has 2 heterocycles. The van der Waals surface area contributed by atoms with Crippen molar-refractivity contribution in [2.75, 3.05) is 0 Å². The van der Waals surface area contributed by atoms with Gasteiger partial charge < -0.3 is 0 Å². The highest BCUT2D eigenvalue weighted by molar-refractivity contribution is 7.07. The molecular weight excluding hydrogens is 210 g/mol. The summed E-state index contributed by atoms with van der Waals surface area (Å²) in [6, 6.07) is 2.16. The van der Waals surface area contributed by atoms with E-state index in [0.717, 1.165) is 12.2 Å². The van der Waals surface area contributed by atoms with E-state index in [1.54, 1.807) is 22.3 Å². The largest absolute Gasteiger partial charge is 0.271 e. The first-order chi connectivity index (χ1) is 7.31. The van der Waals surface area contributed by atoms with Crippen LogP contribution < -0.4 is 11.3 Å². The predicted molar refractivity (Wildman–Crippen MR) is 59.1 cm³/mol. The van der Waals surface area contributed by atoms with Crippen LogP contribution in [-0.4, -0.2) is 14.8 Å². The Kier molecular flexibility index (Phi) is 3.10. The minimum absolute atomic E-state index is 0.0964. The highest BCUT2D eigenvalue weighted by atomic mass is 32.1. The Hall–Kier alpha value is -1.24. The molecule has 0 radical (unpaired) electrons. The molecule has 0 aliphatic heterocycles. The summed E-state index contributed by atoms with van der Waals surface area (Å²) in [6.45, 7) is 0. The van der Waals surface area contributed by atoms with Gasteiger partial charge in [0.1, 0.15) is 12.2 Å². The van der Waals surface area contributed by atoms with Crippen LogP contribution in [0.25, 0.3) is 0 Å². The monoisotopic (exact) mass is 223 g/mol. The number of nitrogens with one attached hydrogen (secondary N) is 1. The van der Waals surface area contributed by atoms with Crippen LogP contribution in [0.5, 0.6) is 0 Å². The van der Waals surface area contributed by atoms with E-state index < -0.39 is 0 Å².